The summed E-state index contributed by atoms with van der Waals surface area (Å²) < 4.78 is 7.11. The Hall–Kier alpha value is -1.66. The van der Waals surface area contributed by atoms with Gasteiger partial charge in [-0.1, -0.05) is 6.58 Å². The number of carbonyl (C=O) groups is 1. The van der Waals surface area contributed by atoms with E-state index < -0.39 is 0 Å². The Kier molecular flexibility index (Phi) is 4.11. The van der Waals surface area contributed by atoms with Gasteiger partial charge in [-0.2, -0.15) is 5.10 Å². The molecule has 1 aromatic heterocycles. The molecule has 1 unspecified atom stereocenters. The number of ether oxygens (including phenoxy) is 1. The lowest BCUT2D eigenvalue weighted by atomic mass is 10.2. The maximum atomic E-state index is 11.5. The third-order valence-electron chi connectivity index (χ3n) is 2.94. The lowest BCUT2D eigenvalue weighted by Crippen LogP contribution is -2.48. The second-order valence-electron chi connectivity index (χ2n) is 4.22. The lowest BCUT2D eigenvalue weighted by Gasteiger charge is -2.31. The second-order valence-corrected chi connectivity index (χ2v) is 4.22. The highest BCUT2D eigenvalue weighted by atomic mass is 16.5. The Morgan fingerprint density at radius 2 is 2.61 bits per heavy atom. The molecule has 98 valence electrons. The van der Waals surface area contributed by atoms with Gasteiger partial charge in [0.05, 0.1) is 12.8 Å². The normalized spacial score (nSPS) is 20.6. The third-order valence-corrected chi connectivity index (χ3v) is 2.94. The molecule has 0 bridgehead atoms. The minimum absolute atomic E-state index is 0.0681. The number of aromatic nitrogens is 2. The Bertz CT molecular complexity index is 429. The summed E-state index contributed by atoms with van der Waals surface area (Å²) in [6.07, 6.45) is 5.01. The molecule has 6 heteroatoms. The van der Waals surface area contributed by atoms with E-state index in [0.29, 0.717) is 13.2 Å². The van der Waals surface area contributed by atoms with Gasteiger partial charge in [-0.05, 0) is 0 Å². The molecule has 1 aliphatic heterocycles. The van der Waals surface area contributed by atoms with E-state index in [4.69, 9.17) is 4.74 Å². The van der Waals surface area contributed by atoms with Crippen molar-refractivity contribution < 1.29 is 9.53 Å². The first kappa shape index (κ1) is 12.8. The third kappa shape index (κ3) is 2.96. The summed E-state index contributed by atoms with van der Waals surface area (Å²) in [7, 11) is 1.62. The van der Waals surface area contributed by atoms with Crippen LogP contribution < -0.4 is 5.32 Å². The van der Waals surface area contributed by atoms with Gasteiger partial charge in [0.25, 0.3) is 0 Å². The molecule has 0 radical (unpaired) electrons. The van der Waals surface area contributed by atoms with E-state index >= 15 is 0 Å². The molecule has 0 spiro atoms. The number of hydrogen-bond donors (Lipinski definition) is 1. The average molecular weight is 250 g/mol. The van der Waals surface area contributed by atoms with Crippen LogP contribution in [-0.4, -0.2) is 53.4 Å². The van der Waals surface area contributed by atoms with Crippen LogP contribution in [0.3, 0.4) is 0 Å². The van der Waals surface area contributed by atoms with Crippen LogP contribution >= 0.6 is 0 Å². The minimum atomic E-state index is -0.377. The van der Waals surface area contributed by atoms with Crippen molar-refractivity contribution in [2.45, 2.75) is 12.6 Å². The maximum absolute atomic E-state index is 11.5. The number of morpholine rings is 1. The average Bonchev–Trinajstić information content (AvgIpc) is 2.86. The monoisotopic (exact) mass is 250 g/mol. The van der Waals surface area contributed by atoms with Crippen LogP contribution in [0.1, 0.15) is 5.56 Å². The largest absolute Gasteiger partial charge is 0.366 e. The SMILES string of the molecule is C=Cn1cc(CN2CCOC(C(=O)NC)C2)cn1. The first-order chi connectivity index (χ1) is 8.72. The van der Waals surface area contributed by atoms with Crippen LogP contribution in [0.5, 0.6) is 0 Å². The van der Waals surface area contributed by atoms with Crippen molar-refractivity contribution >= 4 is 12.1 Å². The Morgan fingerprint density at radius 1 is 1.78 bits per heavy atom. The zero-order chi connectivity index (χ0) is 13.0. The summed E-state index contributed by atoms with van der Waals surface area (Å²) in [4.78, 5) is 13.7. The van der Waals surface area contributed by atoms with Gasteiger partial charge < -0.3 is 10.1 Å². The van der Waals surface area contributed by atoms with Gasteiger partial charge in [-0.25, -0.2) is 4.68 Å². The summed E-state index contributed by atoms with van der Waals surface area (Å²) in [6.45, 7) is 6.43. The Balaban J connectivity index is 1.93. The summed E-state index contributed by atoms with van der Waals surface area (Å²) >= 11 is 0. The second kappa shape index (κ2) is 5.79. The molecule has 2 rings (SSSR count). The van der Waals surface area contributed by atoms with Crippen LogP contribution in [0.25, 0.3) is 6.20 Å². The molecule has 0 saturated carbocycles. The highest BCUT2D eigenvalue weighted by Crippen LogP contribution is 2.10. The van der Waals surface area contributed by atoms with Gasteiger partial charge >= 0.3 is 0 Å². The fourth-order valence-corrected chi connectivity index (χ4v) is 1.98. The smallest absolute Gasteiger partial charge is 0.250 e. The van der Waals surface area contributed by atoms with Crippen LogP contribution in [0, 0.1) is 0 Å². The molecule has 1 saturated heterocycles. The number of nitrogens with zero attached hydrogens (tertiary/aromatic N) is 3. The van der Waals surface area contributed by atoms with E-state index in [1.807, 2.05) is 12.4 Å². The number of rotatable bonds is 4. The van der Waals surface area contributed by atoms with Crippen LogP contribution in [-0.2, 0) is 16.1 Å². The molecular formula is C12H18N4O2. The van der Waals surface area contributed by atoms with Gasteiger partial charge in [-0.15, -0.1) is 0 Å². The van der Waals surface area contributed by atoms with Gasteiger partial charge in [0.15, 0.2) is 0 Å². The molecule has 0 aromatic carbocycles. The van der Waals surface area contributed by atoms with Crippen LogP contribution in [0.2, 0.25) is 0 Å². The molecule has 18 heavy (non-hydrogen) atoms. The predicted octanol–water partition coefficient (Wildman–Crippen LogP) is -0.0696. The standard InChI is InChI=1S/C12H18N4O2/c1-3-16-8-10(6-14-16)7-15-4-5-18-11(9-15)12(17)13-2/h3,6,8,11H,1,4-5,7,9H2,2H3,(H,13,17). The van der Waals surface area contributed by atoms with E-state index in [-0.39, 0.29) is 12.0 Å². The molecule has 1 fully saturated rings. The number of amides is 1. The molecule has 1 aromatic rings. The fraction of sp³-hybridized carbons (Fsp3) is 0.500. The van der Waals surface area contributed by atoms with Crippen molar-refractivity contribution in [3.63, 3.8) is 0 Å². The Morgan fingerprint density at radius 3 is 3.28 bits per heavy atom. The molecule has 0 aliphatic carbocycles. The van der Waals surface area contributed by atoms with Crippen molar-refractivity contribution in [2.24, 2.45) is 0 Å². The fourth-order valence-electron chi connectivity index (χ4n) is 1.98. The van der Waals surface area contributed by atoms with E-state index in [0.717, 1.165) is 18.7 Å². The van der Waals surface area contributed by atoms with E-state index in [9.17, 15) is 4.79 Å². The van der Waals surface area contributed by atoms with Gasteiger partial charge in [0, 0.05) is 44.6 Å². The molecule has 1 N–H and O–H groups in total. The van der Waals surface area contributed by atoms with Crippen molar-refractivity contribution in [3.8, 4) is 0 Å². The topological polar surface area (TPSA) is 59.4 Å². The van der Waals surface area contributed by atoms with Gasteiger partial charge in [0.2, 0.25) is 5.91 Å². The number of nitrogens with one attached hydrogen (secondary N) is 1. The van der Waals surface area contributed by atoms with Crippen LogP contribution in [0.15, 0.2) is 19.0 Å². The molecular weight excluding hydrogens is 232 g/mol. The number of carbonyl (C=O) groups excluding carboxylic acids is 1. The molecule has 6 nitrogen and oxygen atoms in total. The predicted molar refractivity (Wildman–Crippen MR) is 67.7 cm³/mol. The maximum Gasteiger partial charge on any atom is 0.250 e. The van der Waals surface area contributed by atoms with Gasteiger partial charge in [0.1, 0.15) is 6.10 Å². The molecule has 1 amide bonds. The number of hydrogen-bond acceptors (Lipinski definition) is 4. The number of likely N-dealkylation sites (N-methyl/N-ethyl adjacent to an activating group) is 1. The first-order valence-corrected chi connectivity index (χ1v) is 5.94. The van der Waals surface area contributed by atoms with Crippen molar-refractivity contribution in [2.75, 3.05) is 26.7 Å². The quantitative estimate of drug-likeness (QED) is 0.812. The van der Waals surface area contributed by atoms with Gasteiger partial charge in [-0.3, -0.25) is 9.69 Å². The summed E-state index contributed by atoms with van der Waals surface area (Å²) in [5.74, 6) is -0.0681. The zero-order valence-electron chi connectivity index (χ0n) is 10.5. The highest BCUT2D eigenvalue weighted by Gasteiger charge is 2.25. The van der Waals surface area contributed by atoms with Crippen molar-refractivity contribution in [3.05, 3.63) is 24.5 Å². The molecule has 2 heterocycles. The lowest BCUT2D eigenvalue weighted by molar-refractivity contribution is -0.138. The summed E-state index contributed by atoms with van der Waals surface area (Å²) in [5.41, 5.74) is 1.10. The zero-order valence-corrected chi connectivity index (χ0v) is 10.5. The van der Waals surface area contributed by atoms with Crippen molar-refractivity contribution in [1.29, 1.82) is 0 Å². The molecule has 1 atom stereocenters. The Labute approximate surface area is 106 Å². The first-order valence-electron chi connectivity index (χ1n) is 5.94. The van der Waals surface area contributed by atoms with Crippen molar-refractivity contribution in [1.82, 2.24) is 20.0 Å². The van der Waals surface area contributed by atoms with E-state index in [2.05, 4.69) is 21.9 Å². The summed E-state index contributed by atoms with van der Waals surface area (Å²) in [5, 5.41) is 6.74. The summed E-state index contributed by atoms with van der Waals surface area (Å²) in [6, 6.07) is 0. The minimum Gasteiger partial charge on any atom is -0.366 e. The van der Waals surface area contributed by atoms with Crippen LogP contribution in [0.4, 0.5) is 0 Å². The van der Waals surface area contributed by atoms with E-state index in [1.165, 1.54) is 0 Å². The van der Waals surface area contributed by atoms with E-state index in [1.54, 1.807) is 17.9 Å². The molecule has 1 aliphatic rings. The highest BCUT2D eigenvalue weighted by molar-refractivity contribution is 5.80.